The molecule has 0 aliphatic carbocycles. The topological polar surface area (TPSA) is 115 Å². The quantitative estimate of drug-likeness (QED) is 0.289. The number of phenols is 1. The van der Waals surface area contributed by atoms with E-state index in [0.29, 0.717) is 11.0 Å². The summed E-state index contributed by atoms with van der Waals surface area (Å²) in [4.78, 5) is 36.4. The van der Waals surface area contributed by atoms with Crippen molar-refractivity contribution in [1.82, 2.24) is 5.32 Å². The molecule has 0 spiro atoms. The van der Waals surface area contributed by atoms with Crippen molar-refractivity contribution in [2.75, 3.05) is 6.54 Å². The van der Waals surface area contributed by atoms with Crippen LogP contribution in [0.4, 0.5) is 4.79 Å². The number of aromatic hydroxyl groups is 1. The number of carbonyl (C=O) groups is 2. The third-order valence-electron chi connectivity index (χ3n) is 4.46. The first-order valence-corrected chi connectivity index (χ1v) is 9.35. The average Bonchev–Trinajstić information content (AvgIpc) is 2.77. The van der Waals surface area contributed by atoms with E-state index in [1.807, 2.05) is 18.2 Å². The van der Waals surface area contributed by atoms with Crippen molar-refractivity contribution in [2.24, 2.45) is 0 Å². The molecule has 1 aromatic heterocycles. The van der Waals surface area contributed by atoms with Gasteiger partial charge in [-0.05, 0) is 17.7 Å². The number of ether oxygens (including phenoxy) is 2. The number of carbonyl (C=O) groups excluding carboxylic acids is 2. The molecule has 0 unspecified atom stereocenters. The van der Waals surface area contributed by atoms with E-state index in [2.05, 4.69) is 5.32 Å². The standard InChI is InChI=1S/C23H17NO7/c25-17-10-15(11-19-21(17)22(27)16-8-4-5-9-18(16)31-19)30-20(26)12-24-23(28)29-13-14-6-2-1-3-7-14/h1-11,25H,12-13H2,(H,24,28). The number of esters is 1. The molecule has 2 N–H and O–H groups in total. The van der Waals surface area contributed by atoms with Gasteiger partial charge in [-0.3, -0.25) is 4.79 Å². The van der Waals surface area contributed by atoms with Crippen molar-refractivity contribution in [3.05, 3.63) is 82.5 Å². The number of alkyl carbamates (subject to hydrolysis) is 1. The summed E-state index contributed by atoms with van der Waals surface area (Å²) in [5.41, 5.74) is 0.823. The second-order valence-electron chi connectivity index (χ2n) is 6.63. The van der Waals surface area contributed by atoms with Crippen LogP contribution in [0.1, 0.15) is 5.56 Å². The van der Waals surface area contributed by atoms with Gasteiger partial charge in [-0.25, -0.2) is 9.59 Å². The minimum atomic E-state index is -0.793. The van der Waals surface area contributed by atoms with Crippen LogP contribution >= 0.6 is 0 Å². The number of benzene rings is 3. The van der Waals surface area contributed by atoms with E-state index in [1.54, 1.807) is 36.4 Å². The van der Waals surface area contributed by atoms with Crippen LogP contribution in [0.15, 0.2) is 75.9 Å². The Morgan fingerprint density at radius 2 is 1.71 bits per heavy atom. The number of fused-ring (bicyclic) bond motifs is 2. The zero-order valence-corrected chi connectivity index (χ0v) is 16.2. The summed E-state index contributed by atoms with van der Waals surface area (Å²) in [5, 5.41) is 12.9. The monoisotopic (exact) mass is 419 g/mol. The highest BCUT2D eigenvalue weighted by molar-refractivity contribution is 5.94. The summed E-state index contributed by atoms with van der Waals surface area (Å²) in [6, 6.07) is 18.2. The Morgan fingerprint density at radius 1 is 0.968 bits per heavy atom. The van der Waals surface area contributed by atoms with Crippen molar-refractivity contribution in [2.45, 2.75) is 6.61 Å². The van der Waals surface area contributed by atoms with E-state index < -0.39 is 24.0 Å². The number of hydrogen-bond donors (Lipinski definition) is 2. The molecule has 4 rings (SSSR count). The second kappa shape index (κ2) is 8.58. The summed E-state index contributed by atoms with van der Waals surface area (Å²) in [6.07, 6.45) is -0.778. The predicted octanol–water partition coefficient (Wildman–Crippen LogP) is 3.48. The van der Waals surface area contributed by atoms with Crippen LogP contribution in [0, 0.1) is 0 Å². The molecule has 0 aliphatic heterocycles. The van der Waals surface area contributed by atoms with Gasteiger partial charge >= 0.3 is 12.1 Å². The molecule has 0 radical (unpaired) electrons. The van der Waals surface area contributed by atoms with Crippen molar-refractivity contribution >= 4 is 34.0 Å². The first kappa shape index (κ1) is 20.0. The molecule has 1 amide bonds. The predicted molar refractivity (Wildman–Crippen MR) is 112 cm³/mol. The van der Waals surface area contributed by atoms with Crippen LogP contribution in [0.2, 0.25) is 0 Å². The van der Waals surface area contributed by atoms with E-state index in [0.717, 1.165) is 11.6 Å². The van der Waals surface area contributed by atoms with Crippen LogP contribution < -0.4 is 15.5 Å². The van der Waals surface area contributed by atoms with Gasteiger partial charge in [0.25, 0.3) is 0 Å². The van der Waals surface area contributed by atoms with Gasteiger partial charge in [0.2, 0.25) is 5.43 Å². The molecule has 0 fully saturated rings. The van der Waals surface area contributed by atoms with Gasteiger partial charge in [-0.1, -0.05) is 42.5 Å². The third-order valence-corrected chi connectivity index (χ3v) is 4.46. The fourth-order valence-electron chi connectivity index (χ4n) is 3.03. The van der Waals surface area contributed by atoms with Gasteiger partial charge in [0.1, 0.15) is 41.2 Å². The van der Waals surface area contributed by atoms with Gasteiger partial charge in [-0.15, -0.1) is 0 Å². The Kier molecular flexibility index (Phi) is 5.53. The Morgan fingerprint density at radius 3 is 2.52 bits per heavy atom. The maximum absolute atomic E-state index is 12.6. The number of rotatable bonds is 5. The maximum atomic E-state index is 12.6. The molecule has 1 heterocycles. The first-order chi connectivity index (χ1) is 15.0. The molecular formula is C23H17NO7. The lowest BCUT2D eigenvalue weighted by atomic mass is 10.1. The van der Waals surface area contributed by atoms with Crippen LogP contribution in [0.3, 0.4) is 0 Å². The fourth-order valence-corrected chi connectivity index (χ4v) is 3.03. The van der Waals surface area contributed by atoms with Crippen molar-refractivity contribution in [3.8, 4) is 11.5 Å². The fraction of sp³-hybridized carbons (Fsp3) is 0.0870. The number of hydrogen-bond acceptors (Lipinski definition) is 7. The van der Waals surface area contributed by atoms with Gasteiger partial charge < -0.3 is 24.3 Å². The molecule has 0 aliphatic rings. The minimum absolute atomic E-state index is 0.0129. The lowest BCUT2D eigenvalue weighted by molar-refractivity contribution is -0.133. The zero-order chi connectivity index (χ0) is 21.8. The lowest BCUT2D eigenvalue weighted by Gasteiger charge is -2.09. The minimum Gasteiger partial charge on any atom is -0.507 e. The first-order valence-electron chi connectivity index (χ1n) is 9.35. The van der Waals surface area contributed by atoms with Gasteiger partial charge in [0.15, 0.2) is 0 Å². The Bertz CT molecular complexity index is 1330. The molecule has 156 valence electrons. The summed E-state index contributed by atoms with van der Waals surface area (Å²) >= 11 is 0. The van der Waals surface area contributed by atoms with Crippen LogP contribution in [-0.2, 0) is 16.1 Å². The van der Waals surface area contributed by atoms with E-state index in [-0.39, 0.29) is 29.1 Å². The summed E-state index contributed by atoms with van der Waals surface area (Å²) in [5.74, 6) is -1.21. The van der Waals surface area contributed by atoms with Crippen molar-refractivity contribution in [3.63, 3.8) is 0 Å². The van der Waals surface area contributed by atoms with Crippen LogP contribution in [0.25, 0.3) is 21.9 Å². The summed E-state index contributed by atoms with van der Waals surface area (Å²) in [6.45, 7) is -0.388. The van der Waals surface area contributed by atoms with Gasteiger partial charge in [0, 0.05) is 12.1 Å². The molecule has 4 aromatic rings. The molecule has 0 bridgehead atoms. The lowest BCUT2D eigenvalue weighted by Crippen LogP contribution is -2.32. The summed E-state index contributed by atoms with van der Waals surface area (Å²) < 4.78 is 15.8. The van der Waals surface area contributed by atoms with Crippen molar-refractivity contribution in [1.29, 1.82) is 0 Å². The molecular weight excluding hydrogens is 402 g/mol. The highest BCUT2D eigenvalue weighted by Crippen LogP contribution is 2.30. The van der Waals surface area contributed by atoms with E-state index in [4.69, 9.17) is 13.9 Å². The van der Waals surface area contributed by atoms with Crippen molar-refractivity contribution < 1.29 is 28.6 Å². The molecule has 0 atom stereocenters. The van der Waals surface area contributed by atoms with Crippen LogP contribution in [0.5, 0.6) is 11.5 Å². The van der Waals surface area contributed by atoms with E-state index in [1.165, 1.54) is 6.07 Å². The third kappa shape index (κ3) is 4.48. The molecule has 8 heteroatoms. The molecule has 31 heavy (non-hydrogen) atoms. The van der Waals surface area contributed by atoms with Gasteiger partial charge in [0.05, 0.1) is 5.39 Å². The molecule has 0 saturated carbocycles. The van der Waals surface area contributed by atoms with E-state index >= 15 is 0 Å². The normalized spacial score (nSPS) is 10.7. The smallest absolute Gasteiger partial charge is 0.407 e. The largest absolute Gasteiger partial charge is 0.507 e. The van der Waals surface area contributed by atoms with E-state index in [9.17, 15) is 19.5 Å². The maximum Gasteiger partial charge on any atom is 0.407 e. The number of phenolic OH excluding ortho intramolecular Hbond substituents is 1. The number of amides is 1. The summed E-state index contributed by atoms with van der Waals surface area (Å²) in [7, 11) is 0. The molecule has 3 aromatic carbocycles. The highest BCUT2D eigenvalue weighted by atomic mass is 16.6. The Balaban J connectivity index is 1.42. The Hall–Kier alpha value is -4.33. The number of para-hydroxylation sites is 1. The van der Waals surface area contributed by atoms with Gasteiger partial charge in [-0.2, -0.15) is 0 Å². The SMILES string of the molecule is O=C(CNC(=O)OCc1ccccc1)Oc1cc(O)c2c(=O)c3ccccc3oc2c1. The molecule has 8 nitrogen and oxygen atoms in total. The highest BCUT2D eigenvalue weighted by Gasteiger charge is 2.15. The van der Waals surface area contributed by atoms with Crippen LogP contribution in [-0.4, -0.2) is 23.7 Å². The second-order valence-corrected chi connectivity index (χ2v) is 6.63. The number of nitrogens with one attached hydrogen (secondary N) is 1. The molecule has 0 saturated heterocycles. The zero-order valence-electron chi connectivity index (χ0n) is 16.2. The average molecular weight is 419 g/mol. The Labute approximate surface area is 175 Å².